The number of aromatic nitrogens is 2. The standard InChI is InChI=1S/C11H16N4O3S/c1-2-4-11(8(16)17)5-3-6-15(11)10(18)13-9-14-12-7-19-9/h7H,2-6H2,1H3,(H,16,17)(H,13,14,18). The van der Waals surface area contributed by atoms with Crippen molar-refractivity contribution in [2.75, 3.05) is 11.9 Å². The fourth-order valence-electron chi connectivity index (χ4n) is 2.56. The summed E-state index contributed by atoms with van der Waals surface area (Å²) in [6, 6.07) is -0.412. The van der Waals surface area contributed by atoms with Crippen molar-refractivity contribution in [3.63, 3.8) is 0 Å². The summed E-state index contributed by atoms with van der Waals surface area (Å²) in [5.41, 5.74) is 0.430. The van der Waals surface area contributed by atoms with E-state index in [1.54, 1.807) is 0 Å². The molecular formula is C11H16N4O3S. The predicted octanol–water partition coefficient (Wildman–Crippen LogP) is 1.79. The molecule has 1 aliphatic heterocycles. The molecule has 0 spiro atoms. The van der Waals surface area contributed by atoms with Gasteiger partial charge in [0.1, 0.15) is 11.0 Å². The van der Waals surface area contributed by atoms with E-state index in [9.17, 15) is 14.7 Å². The molecule has 2 heterocycles. The molecule has 104 valence electrons. The van der Waals surface area contributed by atoms with Crippen molar-refractivity contribution in [3.05, 3.63) is 5.51 Å². The maximum absolute atomic E-state index is 12.2. The maximum atomic E-state index is 12.2. The quantitative estimate of drug-likeness (QED) is 0.878. The second-order valence-corrected chi connectivity index (χ2v) is 5.35. The van der Waals surface area contributed by atoms with Gasteiger partial charge in [-0.2, -0.15) is 0 Å². The number of carboxylic acids is 1. The minimum atomic E-state index is -1.08. The Kier molecular flexibility index (Phi) is 3.98. The number of nitrogens with one attached hydrogen (secondary N) is 1. The van der Waals surface area contributed by atoms with Crippen LogP contribution >= 0.6 is 11.3 Å². The molecular weight excluding hydrogens is 268 g/mol. The Morgan fingerprint density at radius 3 is 3.00 bits per heavy atom. The Morgan fingerprint density at radius 2 is 2.42 bits per heavy atom. The normalized spacial score (nSPS) is 22.5. The molecule has 0 bridgehead atoms. The SMILES string of the molecule is CCCC1(C(=O)O)CCCN1C(=O)Nc1nncs1. The minimum Gasteiger partial charge on any atom is -0.479 e. The molecule has 1 aromatic rings. The first-order valence-corrected chi connectivity index (χ1v) is 7.06. The highest BCUT2D eigenvalue weighted by atomic mass is 32.1. The number of likely N-dealkylation sites (tertiary alicyclic amines) is 1. The number of amides is 2. The van der Waals surface area contributed by atoms with Gasteiger partial charge in [0.05, 0.1) is 0 Å². The number of rotatable bonds is 4. The number of urea groups is 1. The van der Waals surface area contributed by atoms with Gasteiger partial charge >= 0.3 is 12.0 Å². The van der Waals surface area contributed by atoms with E-state index in [1.165, 1.54) is 21.7 Å². The lowest BCUT2D eigenvalue weighted by Gasteiger charge is -2.34. The van der Waals surface area contributed by atoms with Gasteiger partial charge < -0.3 is 10.0 Å². The third-order valence-corrected chi connectivity index (χ3v) is 3.98. The molecule has 2 N–H and O–H groups in total. The van der Waals surface area contributed by atoms with E-state index < -0.39 is 17.5 Å². The van der Waals surface area contributed by atoms with Crippen molar-refractivity contribution in [2.24, 2.45) is 0 Å². The van der Waals surface area contributed by atoms with Gasteiger partial charge in [-0.1, -0.05) is 24.7 Å². The minimum absolute atomic E-state index is 0.382. The molecule has 1 saturated heterocycles. The lowest BCUT2D eigenvalue weighted by atomic mass is 9.91. The summed E-state index contributed by atoms with van der Waals surface area (Å²) in [6.07, 6.45) is 2.39. The van der Waals surface area contributed by atoms with Crippen LogP contribution in [0.2, 0.25) is 0 Å². The van der Waals surface area contributed by atoms with Crippen LogP contribution in [0.15, 0.2) is 5.51 Å². The summed E-state index contributed by atoms with van der Waals surface area (Å²) < 4.78 is 0. The topological polar surface area (TPSA) is 95.4 Å². The van der Waals surface area contributed by atoms with Gasteiger partial charge in [0.15, 0.2) is 0 Å². The van der Waals surface area contributed by atoms with Gasteiger partial charge in [-0.15, -0.1) is 10.2 Å². The monoisotopic (exact) mass is 284 g/mol. The highest BCUT2D eigenvalue weighted by Gasteiger charge is 2.49. The van der Waals surface area contributed by atoms with E-state index >= 15 is 0 Å². The van der Waals surface area contributed by atoms with E-state index in [4.69, 9.17) is 0 Å². The largest absolute Gasteiger partial charge is 0.479 e. The summed E-state index contributed by atoms with van der Waals surface area (Å²) in [7, 11) is 0. The van der Waals surface area contributed by atoms with Crippen LogP contribution in [0.1, 0.15) is 32.6 Å². The Balaban J connectivity index is 2.17. The molecule has 0 saturated carbocycles. The third kappa shape index (κ3) is 2.53. The van der Waals surface area contributed by atoms with Gasteiger partial charge in [-0.05, 0) is 19.3 Å². The number of carbonyl (C=O) groups is 2. The molecule has 1 atom stereocenters. The summed E-state index contributed by atoms with van der Waals surface area (Å²) in [5, 5.41) is 19.8. The van der Waals surface area contributed by atoms with Crippen LogP contribution in [0.25, 0.3) is 0 Å². The lowest BCUT2D eigenvalue weighted by Crippen LogP contribution is -2.54. The first-order valence-electron chi connectivity index (χ1n) is 6.18. The molecule has 1 fully saturated rings. The van der Waals surface area contributed by atoms with Gasteiger partial charge in [0, 0.05) is 6.54 Å². The summed E-state index contributed by atoms with van der Waals surface area (Å²) in [4.78, 5) is 25.2. The average Bonchev–Trinajstić information content (AvgIpc) is 2.99. The number of carboxylic acid groups (broad SMARTS) is 1. The van der Waals surface area contributed by atoms with E-state index in [-0.39, 0.29) is 0 Å². The van der Waals surface area contributed by atoms with E-state index in [0.29, 0.717) is 30.9 Å². The van der Waals surface area contributed by atoms with Crippen LogP contribution in [-0.4, -0.2) is 44.3 Å². The Hall–Kier alpha value is -1.70. The molecule has 1 aromatic heterocycles. The average molecular weight is 284 g/mol. The fraction of sp³-hybridized carbons (Fsp3) is 0.636. The van der Waals surface area contributed by atoms with Crippen molar-refractivity contribution >= 4 is 28.5 Å². The Bertz CT molecular complexity index is 465. The van der Waals surface area contributed by atoms with E-state index in [0.717, 1.165) is 6.42 Å². The van der Waals surface area contributed by atoms with Gasteiger partial charge in [-0.3, -0.25) is 5.32 Å². The van der Waals surface area contributed by atoms with Crippen LogP contribution in [-0.2, 0) is 4.79 Å². The summed E-state index contributed by atoms with van der Waals surface area (Å²) in [6.45, 7) is 2.38. The zero-order valence-corrected chi connectivity index (χ0v) is 11.4. The molecule has 8 heteroatoms. The molecule has 1 aliphatic rings. The predicted molar refractivity (Wildman–Crippen MR) is 70.1 cm³/mol. The fourth-order valence-corrected chi connectivity index (χ4v) is 3.00. The number of aliphatic carboxylic acids is 1. The second kappa shape index (κ2) is 5.52. The van der Waals surface area contributed by atoms with Crippen LogP contribution in [0.5, 0.6) is 0 Å². The van der Waals surface area contributed by atoms with Crippen molar-refractivity contribution in [2.45, 2.75) is 38.1 Å². The molecule has 0 radical (unpaired) electrons. The number of nitrogens with zero attached hydrogens (tertiary/aromatic N) is 3. The van der Waals surface area contributed by atoms with Gasteiger partial charge in [0.25, 0.3) is 0 Å². The molecule has 0 aliphatic carbocycles. The molecule has 1 unspecified atom stereocenters. The van der Waals surface area contributed by atoms with Crippen LogP contribution in [0.3, 0.4) is 0 Å². The number of hydrogen-bond acceptors (Lipinski definition) is 5. The summed E-state index contributed by atoms with van der Waals surface area (Å²) in [5.74, 6) is -0.931. The number of hydrogen-bond donors (Lipinski definition) is 2. The van der Waals surface area contributed by atoms with Gasteiger partial charge in [-0.25, -0.2) is 9.59 Å². The lowest BCUT2D eigenvalue weighted by molar-refractivity contribution is -0.148. The number of carbonyl (C=O) groups excluding carboxylic acids is 1. The molecule has 19 heavy (non-hydrogen) atoms. The van der Waals surface area contributed by atoms with Crippen molar-refractivity contribution in [3.8, 4) is 0 Å². The Labute approximate surface area is 114 Å². The van der Waals surface area contributed by atoms with Crippen LogP contribution < -0.4 is 5.32 Å². The maximum Gasteiger partial charge on any atom is 0.329 e. The Morgan fingerprint density at radius 1 is 1.63 bits per heavy atom. The van der Waals surface area contributed by atoms with E-state index in [1.807, 2.05) is 6.92 Å². The molecule has 2 rings (SSSR count). The zero-order valence-electron chi connectivity index (χ0n) is 10.6. The smallest absolute Gasteiger partial charge is 0.329 e. The zero-order chi connectivity index (χ0) is 13.9. The second-order valence-electron chi connectivity index (χ2n) is 4.52. The highest BCUT2D eigenvalue weighted by Crippen LogP contribution is 2.34. The first kappa shape index (κ1) is 13.7. The van der Waals surface area contributed by atoms with Gasteiger partial charge in [0.2, 0.25) is 5.13 Å². The van der Waals surface area contributed by atoms with Crippen LogP contribution in [0.4, 0.5) is 9.93 Å². The van der Waals surface area contributed by atoms with Crippen LogP contribution in [0, 0.1) is 0 Å². The first-order chi connectivity index (χ1) is 9.10. The molecule has 7 nitrogen and oxygen atoms in total. The van der Waals surface area contributed by atoms with E-state index in [2.05, 4.69) is 15.5 Å². The molecule has 0 aromatic carbocycles. The third-order valence-electron chi connectivity index (χ3n) is 3.37. The summed E-state index contributed by atoms with van der Waals surface area (Å²) >= 11 is 1.20. The highest BCUT2D eigenvalue weighted by molar-refractivity contribution is 7.13. The van der Waals surface area contributed by atoms with Crippen molar-refractivity contribution < 1.29 is 14.7 Å². The van der Waals surface area contributed by atoms with Crippen molar-refractivity contribution in [1.82, 2.24) is 15.1 Å². The van der Waals surface area contributed by atoms with Crippen molar-refractivity contribution in [1.29, 1.82) is 0 Å². The number of anilines is 1. The molecule has 2 amide bonds.